The lowest BCUT2D eigenvalue weighted by Gasteiger charge is -2.40. The zero-order chi connectivity index (χ0) is 25.9. The molecule has 1 N–H and O–H groups in total. The summed E-state index contributed by atoms with van der Waals surface area (Å²) >= 11 is 6.49. The number of halogens is 2. The minimum absolute atomic E-state index is 0.0568. The number of fused-ring (bicyclic) bond motifs is 2. The molecular weight excluding hydrogens is 493 g/mol. The number of anilines is 1. The first-order chi connectivity index (χ1) is 17.9. The lowest BCUT2D eigenvalue weighted by Crippen LogP contribution is -2.55. The molecule has 0 spiro atoms. The van der Waals surface area contributed by atoms with Crippen molar-refractivity contribution in [2.75, 3.05) is 18.4 Å². The van der Waals surface area contributed by atoms with Crippen LogP contribution >= 0.6 is 11.6 Å². The van der Waals surface area contributed by atoms with Gasteiger partial charge in [0.2, 0.25) is 11.8 Å². The van der Waals surface area contributed by atoms with Crippen molar-refractivity contribution in [1.82, 2.24) is 19.8 Å². The average molecular weight is 520 g/mol. The van der Waals surface area contributed by atoms with Crippen molar-refractivity contribution in [2.45, 2.75) is 38.4 Å². The highest BCUT2D eigenvalue weighted by atomic mass is 35.5. The number of carbonyl (C=O) groups excluding carboxylic acids is 2. The van der Waals surface area contributed by atoms with E-state index in [4.69, 9.17) is 11.6 Å². The van der Waals surface area contributed by atoms with E-state index in [1.165, 1.54) is 19.1 Å². The summed E-state index contributed by atoms with van der Waals surface area (Å²) < 4.78 is 13.3. The molecule has 3 aromatic rings. The lowest BCUT2D eigenvalue weighted by molar-refractivity contribution is -0.131. The second-order valence-corrected chi connectivity index (χ2v) is 9.88. The van der Waals surface area contributed by atoms with Gasteiger partial charge in [0.25, 0.3) is 0 Å². The molecule has 0 aliphatic carbocycles. The second-order valence-electron chi connectivity index (χ2n) is 9.48. The summed E-state index contributed by atoms with van der Waals surface area (Å²) in [5.41, 5.74) is 3.48. The Morgan fingerprint density at radius 2 is 1.86 bits per heavy atom. The van der Waals surface area contributed by atoms with Gasteiger partial charge in [-0.2, -0.15) is 0 Å². The Morgan fingerprint density at radius 1 is 1.14 bits per heavy atom. The Bertz CT molecular complexity index is 1320. The molecule has 2 atom stereocenters. The molecule has 2 aliphatic rings. The molecule has 2 saturated heterocycles. The van der Waals surface area contributed by atoms with Gasteiger partial charge in [-0.25, -0.2) is 4.39 Å². The predicted molar refractivity (Wildman–Crippen MR) is 141 cm³/mol. The molecular formula is C28H27ClFN5O2. The van der Waals surface area contributed by atoms with Gasteiger partial charge >= 0.3 is 0 Å². The maximum Gasteiger partial charge on any atom is 0.247 e. The van der Waals surface area contributed by atoms with E-state index in [2.05, 4.69) is 20.2 Å². The van der Waals surface area contributed by atoms with Crippen LogP contribution in [0.25, 0.3) is 17.3 Å². The zero-order valence-corrected chi connectivity index (χ0v) is 21.2. The van der Waals surface area contributed by atoms with Gasteiger partial charge in [-0.05, 0) is 54.3 Å². The van der Waals surface area contributed by atoms with Gasteiger partial charge in [0.15, 0.2) is 0 Å². The molecule has 0 radical (unpaired) electrons. The summed E-state index contributed by atoms with van der Waals surface area (Å²) in [5, 5.41) is 3.21. The number of nitrogens with one attached hydrogen (secondary N) is 1. The summed E-state index contributed by atoms with van der Waals surface area (Å²) in [6.45, 7) is 3.72. The molecule has 5 rings (SSSR count). The van der Waals surface area contributed by atoms with E-state index >= 15 is 0 Å². The van der Waals surface area contributed by atoms with Gasteiger partial charge in [0.1, 0.15) is 5.82 Å². The number of aromatic nitrogens is 2. The number of carbonyl (C=O) groups is 2. The topological polar surface area (TPSA) is 78.4 Å². The normalized spacial score (nSPS) is 19.4. The lowest BCUT2D eigenvalue weighted by atomic mass is 10.0. The summed E-state index contributed by atoms with van der Waals surface area (Å²) in [5.74, 6) is -0.532. The Balaban J connectivity index is 1.34. The minimum atomic E-state index is -0.239. The Kier molecular flexibility index (Phi) is 7.30. The molecule has 2 aromatic carbocycles. The molecule has 2 unspecified atom stereocenters. The van der Waals surface area contributed by atoms with Crippen molar-refractivity contribution >= 4 is 35.2 Å². The first-order valence-electron chi connectivity index (χ1n) is 12.2. The van der Waals surface area contributed by atoms with Crippen LogP contribution in [0, 0.1) is 5.82 Å². The van der Waals surface area contributed by atoms with Crippen molar-refractivity contribution in [3.63, 3.8) is 0 Å². The molecule has 2 aliphatic heterocycles. The maximum absolute atomic E-state index is 13.3. The Labute approximate surface area is 220 Å². The highest BCUT2D eigenvalue weighted by Crippen LogP contribution is 2.34. The number of amides is 2. The number of likely N-dealkylation sites (tertiary alicyclic amines) is 1. The fourth-order valence-electron chi connectivity index (χ4n) is 5.23. The molecule has 7 nitrogen and oxygen atoms in total. The summed E-state index contributed by atoms with van der Waals surface area (Å²) in [7, 11) is 0. The van der Waals surface area contributed by atoms with Crippen molar-refractivity contribution in [2.24, 2.45) is 0 Å². The highest BCUT2D eigenvalue weighted by molar-refractivity contribution is 6.33. The summed E-state index contributed by atoms with van der Waals surface area (Å²) in [4.78, 5) is 37.9. The largest absolute Gasteiger partial charge is 0.331 e. The molecule has 2 fully saturated rings. The SMILES string of the molecule is CC(=O)Nc1cc(Cl)c(-c2cnccn2)cc1C=CC(=O)N1C2CCC1CN(Cc1ccc(F)cc1)C2. The van der Waals surface area contributed by atoms with Crippen LogP contribution in [0.2, 0.25) is 5.02 Å². The van der Waals surface area contributed by atoms with E-state index in [1.807, 2.05) is 17.0 Å². The second kappa shape index (κ2) is 10.8. The number of nitrogens with zero attached hydrogens (tertiary/aromatic N) is 4. The van der Waals surface area contributed by atoms with Crippen molar-refractivity contribution in [3.8, 4) is 11.3 Å². The quantitative estimate of drug-likeness (QED) is 0.474. The minimum Gasteiger partial charge on any atom is -0.331 e. The molecule has 0 saturated carbocycles. The third-order valence-corrected chi connectivity index (χ3v) is 7.14. The summed E-state index contributed by atoms with van der Waals surface area (Å²) in [6, 6.07) is 10.3. The molecule has 3 heterocycles. The van der Waals surface area contributed by atoms with Crippen molar-refractivity contribution in [3.05, 3.63) is 83.0 Å². The van der Waals surface area contributed by atoms with E-state index in [9.17, 15) is 14.0 Å². The van der Waals surface area contributed by atoms with Crippen molar-refractivity contribution < 1.29 is 14.0 Å². The molecule has 2 amide bonds. The van der Waals surface area contributed by atoms with Gasteiger partial charge in [-0.3, -0.25) is 24.5 Å². The van der Waals surface area contributed by atoms with Crippen LogP contribution < -0.4 is 5.32 Å². The molecule has 190 valence electrons. The summed E-state index contributed by atoms with van der Waals surface area (Å²) in [6.07, 6.45) is 9.97. The third kappa shape index (κ3) is 5.70. The molecule has 2 bridgehead atoms. The fraction of sp³-hybridized carbons (Fsp3) is 0.286. The van der Waals surface area contributed by atoms with E-state index in [-0.39, 0.29) is 29.7 Å². The highest BCUT2D eigenvalue weighted by Gasteiger charge is 2.41. The van der Waals surface area contributed by atoms with Gasteiger partial charge in [0.05, 0.1) is 16.9 Å². The molecule has 37 heavy (non-hydrogen) atoms. The average Bonchev–Trinajstić information content (AvgIpc) is 3.15. The van der Waals surface area contributed by atoms with Crippen LogP contribution in [0.3, 0.4) is 0 Å². The van der Waals surface area contributed by atoms with Gasteiger partial charge in [0, 0.05) is 68.4 Å². The van der Waals surface area contributed by atoms with E-state index in [1.54, 1.807) is 42.9 Å². The van der Waals surface area contributed by atoms with Crippen LogP contribution in [-0.4, -0.2) is 56.8 Å². The Hall–Kier alpha value is -3.62. The monoisotopic (exact) mass is 519 g/mol. The number of hydrogen-bond donors (Lipinski definition) is 1. The first kappa shape index (κ1) is 25.0. The number of piperazine rings is 1. The van der Waals surface area contributed by atoms with Crippen molar-refractivity contribution in [1.29, 1.82) is 0 Å². The first-order valence-corrected chi connectivity index (χ1v) is 12.6. The van der Waals surface area contributed by atoms with Crippen LogP contribution in [0.5, 0.6) is 0 Å². The molecule has 1 aromatic heterocycles. The number of benzene rings is 2. The standard InChI is InChI=1S/C28H27ClFN5O2/c1-18(36)33-26-13-25(29)24(27-14-31-10-11-32-27)12-20(26)4-9-28(37)35-22-7-8-23(35)17-34(16-22)15-19-2-5-21(30)6-3-19/h2-6,9-14,22-23H,7-8,15-17H2,1H3,(H,33,36). The molecule has 9 heteroatoms. The van der Waals surface area contributed by atoms with Crippen LogP contribution in [0.4, 0.5) is 10.1 Å². The fourth-order valence-corrected chi connectivity index (χ4v) is 5.50. The van der Waals surface area contributed by atoms with Crippen LogP contribution in [-0.2, 0) is 16.1 Å². The predicted octanol–water partition coefficient (Wildman–Crippen LogP) is 4.78. The maximum atomic E-state index is 13.3. The van der Waals surface area contributed by atoms with Crippen LogP contribution in [0.1, 0.15) is 30.9 Å². The van der Waals surface area contributed by atoms with E-state index in [0.29, 0.717) is 27.5 Å². The van der Waals surface area contributed by atoms with E-state index in [0.717, 1.165) is 38.0 Å². The van der Waals surface area contributed by atoms with Crippen LogP contribution in [0.15, 0.2) is 61.1 Å². The number of hydrogen-bond acceptors (Lipinski definition) is 5. The van der Waals surface area contributed by atoms with Gasteiger partial charge in [-0.15, -0.1) is 0 Å². The van der Waals surface area contributed by atoms with E-state index < -0.39 is 0 Å². The van der Waals surface area contributed by atoms with Gasteiger partial charge in [-0.1, -0.05) is 23.7 Å². The number of rotatable bonds is 6. The Morgan fingerprint density at radius 3 is 2.51 bits per heavy atom. The van der Waals surface area contributed by atoms with Gasteiger partial charge < -0.3 is 10.2 Å². The zero-order valence-electron chi connectivity index (χ0n) is 20.4. The third-order valence-electron chi connectivity index (χ3n) is 6.83. The smallest absolute Gasteiger partial charge is 0.247 e.